The van der Waals surface area contributed by atoms with Crippen molar-refractivity contribution >= 4 is 21.6 Å². The molecule has 1 aliphatic heterocycles. The van der Waals surface area contributed by atoms with Crippen LogP contribution in [0.4, 0.5) is 14.5 Å². The van der Waals surface area contributed by atoms with Gasteiger partial charge < -0.3 is 4.90 Å². The maximum atomic E-state index is 13.9. The number of nitrogens with zero attached hydrogens (tertiary/aromatic N) is 1. The number of amides is 1. The van der Waals surface area contributed by atoms with Crippen LogP contribution in [0.15, 0.2) is 47.4 Å². The molecule has 2 aromatic carbocycles. The van der Waals surface area contributed by atoms with Crippen LogP contribution in [0.25, 0.3) is 0 Å². The minimum Gasteiger partial charge on any atom is -0.339 e. The Bertz CT molecular complexity index is 926. The second-order valence-corrected chi connectivity index (χ2v) is 7.73. The zero-order chi connectivity index (χ0) is 18.7. The minimum absolute atomic E-state index is 0.0340. The van der Waals surface area contributed by atoms with Gasteiger partial charge in [0.1, 0.15) is 16.5 Å². The van der Waals surface area contributed by atoms with Gasteiger partial charge in [0.2, 0.25) is 0 Å². The molecule has 1 heterocycles. The lowest BCUT2D eigenvalue weighted by Gasteiger charge is -2.27. The van der Waals surface area contributed by atoms with Crippen molar-refractivity contribution in [1.82, 2.24) is 4.90 Å². The fourth-order valence-corrected chi connectivity index (χ4v) is 4.08. The third-order valence-electron chi connectivity index (χ3n) is 4.23. The third kappa shape index (κ3) is 3.85. The molecule has 1 amide bonds. The molecule has 0 radical (unpaired) electrons. The Hall–Kier alpha value is -2.48. The Morgan fingerprint density at radius 3 is 2.42 bits per heavy atom. The number of carbonyl (C=O) groups is 1. The number of nitrogens with one attached hydrogen (secondary N) is 1. The van der Waals surface area contributed by atoms with Gasteiger partial charge in [-0.05, 0) is 49.6 Å². The first-order valence-electron chi connectivity index (χ1n) is 8.25. The molecular formula is C18H18F2N2O3S. The predicted octanol–water partition coefficient (Wildman–Crippen LogP) is 3.39. The number of carbonyl (C=O) groups excluding carboxylic acids is 1. The van der Waals surface area contributed by atoms with Crippen molar-refractivity contribution in [2.75, 3.05) is 17.8 Å². The summed E-state index contributed by atoms with van der Waals surface area (Å²) in [5.74, 6) is -2.23. The Balaban J connectivity index is 1.93. The number of benzene rings is 2. The van der Waals surface area contributed by atoms with Crippen molar-refractivity contribution in [3.63, 3.8) is 0 Å². The highest BCUT2D eigenvalue weighted by molar-refractivity contribution is 7.92. The van der Waals surface area contributed by atoms with Crippen LogP contribution in [0.2, 0.25) is 0 Å². The number of para-hydroxylation sites is 1. The molecule has 1 aliphatic rings. The van der Waals surface area contributed by atoms with E-state index in [2.05, 4.69) is 4.72 Å². The van der Waals surface area contributed by atoms with E-state index in [1.807, 2.05) is 0 Å². The van der Waals surface area contributed by atoms with Gasteiger partial charge in [0.15, 0.2) is 0 Å². The lowest BCUT2D eigenvalue weighted by atomic mass is 10.1. The number of hydrogen-bond donors (Lipinski definition) is 1. The molecule has 0 saturated carbocycles. The first-order valence-corrected chi connectivity index (χ1v) is 9.73. The first-order chi connectivity index (χ1) is 12.4. The number of piperidine rings is 1. The van der Waals surface area contributed by atoms with Crippen LogP contribution in [0.5, 0.6) is 0 Å². The maximum absolute atomic E-state index is 13.9. The Morgan fingerprint density at radius 1 is 1.00 bits per heavy atom. The smallest absolute Gasteiger partial charge is 0.264 e. The van der Waals surface area contributed by atoms with Gasteiger partial charge in [-0.15, -0.1) is 0 Å². The van der Waals surface area contributed by atoms with E-state index in [-0.39, 0.29) is 17.2 Å². The zero-order valence-corrected chi connectivity index (χ0v) is 14.7. The van der Waals surface area contributed by atoms with Crippen molar-refractivity contribution in [2.45, 2.75) is 24.2 Å². The molecule has 1 fully saturated rings. The molecule has 1 N–H and O–H groups in total. The molecule has 0 aromatic heterocycles. The van der Waals surface area contributed by atoms with Crippen molar-refractivity contribution in [2.24, 2.45) is 0 Å². The van der Waals surface area contributed by atoms with Crippen molar-refractivity contribution < 1.29 is 22.0 Å². The summed E-state index contributed by atoms with van der Waals surface area (Å²) in [6, 6.07) is 8.30. The number of sulfonamides is 1. The fourth-order valence-electron chi connectivity index (χ4n) is 2.91. The number of likely N-dealkylation sites (tertiary alicyclic amines) is 1. The summed E-state index contributed by atoms with van der Waals surface area (Å²) in [5, 5.41) is 0. The number of hydrogen-bond acceptors (Lipinski definition) is 3. The van der Waals surface area contributed by atoms with Gasteiger partial charge in [-0.2, -0.15) is 0 Å². The summed E-state index contributed by atoms with van der Waals surface area (Å²) < 4.78 is 54.4. The highest BCUT2D eigenvalue weighted by Crippen LogP contribution is 2.24. The summed E-state index contributed by atoms with van der Waals surface area (Å²) in [5.41, 5.74) is 0.210. The second kappa shape index (κ2) is 7.41. The van der Waals surface area contributed by atoms with Crippen LogP contribution < -0.4 is 4.72 Å². The largest absolute Gasteiger partial charge is 0.339 e. The van der Waals surface area contributed by atoms with E-state index in [9.17, 15) is 22.0 Å². The lowest BCUT2D eigenvalue weighted by molar-refractivity contribution is 0.0725. The summed E-state index contributed by atoms with van der Waals surface area (Å²) in [6.45, 7) is 1.22. The zero-order valence-electron chi connectivity index (χ0n) is 13.9. The number of rotatable bonds is 4. The molecule has 5 nitrogen and oxygen atoms in total. The van der Waals surface area contributed by atoms with E-state index >= 15 is 0 Å². The molecule has 8 heteroatoms. The van der Waals surface area contributed by atoms with Crippen LogP contribution in [-0.2, 0) is 10.0 Å². The average molecular weight is 380 g/mol. The van der Waals surface area contributed by atoms with E-state index in [1.165, 1.54) is 12.1 Å². The summed E-state index contributed by atoms with van der Waals surface area (Å²) in [7, 11) is -4.39. The molecule has 2 aromatic rings. The third-order valence-corrected chi connectivity index (χ3v) is 5.61. The number of halogens is 2. The molecule has 0 unspecified atom stereocenters. The molecule has 1 saturated heterocycles. The highest BCUT2D eigenvalue weighted by atomic mass is 32.2. The van der Waals surface area contributed by atoms with Gasteiger partial charge >= 0.3 is 0 Å². The quantitative estimate of drug-likeness (QED) is 0.884. The summed E-state index contributed by atoms with van der Waals surface area (Å²) in [4.78, 5) is 13.6. The molecule has 26 heavy (non-hydrogen) atoms. The van der Waals surface area contributed by atoms with Crippen LogP contribution in [-0.4, -0.2) is 32.3 Å². The van der Waals surface area contributed by atoms with E-state index in [0.717, 1.165) is 31.4 Å². The molecule has 0 spiro atoms. The summed E-state index contributed by atoms with van der Waals surface area (Å²) >= 11 is 0. The van der Waals surface area contributed by atoms with Crippen molar-refractivity contribution in [3.8, 4) is 0 Å². The van der Waals surface area contributed by atoms with Gasteiger partial charge in [0.25, 0.3) is 15.9 Å². The monoisotopic (exact) mass is 380 g/mol. The Kier molecular flexibility index (Phi) is 5.22. The molecular weight excluding hydrogens is 362 g/mol. The van der Waals surface area contributed by atoms with Crippen molar-refractivity contribution in [1.29, 1.82) is 0 Å². The minimum atomic E-state index is -4.39. The SMILES string of the molecule is O=C(c1ccccc1NS(=O)(=O)c1cc(F)ccc1F)N1CCCCC1. The molecule has 0 aliphatic carbocycles. The van der Waals surface area contributed by atoms with Crippen LogP contribution in [0.3, 0.4) is 0 Å². The lowest BCUT2D eigenvalue weighted by Crippen LogP contribution is -2.36. The maximum Gasteiger partial charge on any atom is 0.264 e. The molecule has 3 rings (SSSR count). The summed E-state index contributed by atoms with van der Waals surface area (Å²) in [6.07, 6.45) is 2.85. The molecule has 0 bridgehead atoms. The van der Waals surface area contributed by atoms with E-state index in [1.54, 1.807) is 17.0 Å². The van der Waals surface area contributed by atoms with Crippen molar-refractivity contribution in [3.05, 3.63) is 59.7 Å². The van der Waals surface area contributed by atoms with Gasteiger partial charge in [-0.25, -0.2) is 17.2 Å². The average Bonchev–Trinajstić information content (AvgIpc) is 2.64. The topological polar surface area (TPSA) is 66.5 Å². The van der Waals surface area contributed by atoms with Crippen LogP contribution in [0.1, 0.15) is 29.6 Å². The predicted molar refractivity (Wildman–Crippen MR) is 93.4 cm³/mol. The molecule has 0 atom stereocenters. The number of anilines is 1. The normalized spacial score (nSPS) is 14.9. The van der Waals surface area contributed by atoms with Gasteiger partial charge in [0.05, 0.1) is 11.3 Å². The van der Waals surface area contributed by atoms with E-state index in [4.69, 9.17) is 0 Å². The van der Waals surface area contributed by atoms with Gasteiger partial charge in [0, 0.05) is 13.1 Å². The van der Waals surface area contributed by atoms with Gasteiger partial charge in [-0.3, -0.25) is 9.52 Å². The first kappa shape index (κ1) is 18.3. The van der Waals surface area contributed by atoms with Crippen LogP contribution in [0, 0.1) is 11.6 Å². The highest BCUT2D eigenvalue weighted by Gasteiger charge is 2.25. The fraction of sp³-hybridized carbons (Fsp3) is 0.278. The standard InChI is InChI=1S/C18H18F2N2O3S/c19-13-8-9-15(20)17(12-13)26(24,25)21-16-7-3-2-6-14(16)18(23)22-10-4-1-5-11-22/h2-3,6-9,12,21H,1,4-5,10-11H2. The Labute approximate surface area is 150 Å². The Morgan fingerprint density at radius 2 is 1.69 bits per heavy atom. The second-order valence-electron chi connectivity index (χ2n) is 6.08. The molecule has 138 valence electrons. The van der Waals surface area contributed by atoms with Gasteiger partial charge in [-0.1, -0.05) is 12.1 Å². The van der Waals surface area contributed by atoms with Crippen LogP contribution >= 0.6 is 0 Å². The van der Waals surface area contributed by atoms with E-state index in [0.29, 0.717) is 19.2 Å². The van der Waals surface area contributed by atoms with E-state index < -0.39 is 26.6 Å².